The summed E-state index contributed by atoms with van der Waals surface area (Å²) >= 11 is 1.41. The van der Waals surface area contributed by atoms with Gasteiger partial charge in [-0.15, -0.1) is 11.3 Å². The zero-order valence-corrected chi connectivity index (χ0v) is 10.3. The van der Waals surface area contributed by atoms with Gasteiger partial charge in [0, 0.05) is 12.8 Å². The molecule has 1 unspecified atom stereocenters. The van der Waals surface area contributed by atoms with Crippen LogP contribution in [0.5, 0.6) is 0 Å². The molecule has 0 radical (unpaired) electrons. The molecular formula is C12H12F3NOS. The third-order valence-electron chi connectivity index (χ3n) is 2.51. The Kier molecular flexibility index (Phi) is 3.87. The Labute approximate surface area is 106 Å². The predicted molar refractivity (Wildman–Crippen MR) is 64.6 cm³/mol. The molecule has 0 aliphatic carbocycles. The maximum Gasteiger partial charge on any atom is 0.389 e. The van der Waals surface area contributed by atoms with Crippen LogP contribution < -0.4 is 0 Å². The molecular weight excluding hydrogens is 263 g/mol. The molecule has 2 aromatic rings. The molecule has 1 heterocycles. The maximum atomic E-state index is 12.0. The smallest absolute Gasteiger partial charge is 0.389 e. The van der Waals surface area contributed by atoms with Crippen LogP contribution in [0.15, 0.2) is 24.3 Å². The Hall–Kier alpha value is -1.14. The van der Waals surface area contributed by atoms with Gasteiger partial charge in [0.25, 0.3) is 0 Å². The minimum absolute atomic E-state index is 0.176. The lowest BCUT2D eigenvalue weighted by Crippen LogP contribution is -2.16. The average molecular weight is 275 g/mol. The molecule has 0 bridgehead atoms. The van der Waals surface area contributed by atoms with E-state index in [1.165, 1.54) is 11.3 Å². The van der Waals surface area contributed by atoms with Gasteiger partial charge in [0.15, 0.2) is 0 Å². The highest BCUT2D eigenvalue weighted by molar-refractivity contribution is 7.18. The van der Waals surface area contributed by atoms with Gasteiger partial charge in [-0.05, 0) is 18.6 Å². The number of para-hydroxylation sites is 1. The second-order valence-corrected chi connectivity index (χ2v) is 5.20. The van der Waals surface area contributed by atoms with Gasteiger partial charge in [0.05, 0.1) is 21.3 Å². The second kappa shape index (κ2) is 5.24. The van der Waals surface area contributed by atoms with Crippen molar-refractivity contribution >= 4 is 21.6 Å². The van der Waals surface area contributed by atoms with Crippen LogP contribution in [-0.2, 0) is 6.42 Å². The zero-order valence-electron chi connectivity index (χ0n) is 9.44. The van der Waals surface area contributed by atoms with Crippen molar-refractivity contribution in [2.45, 2.75) is 31.5 Å². The van der Waals surface area contributed by atoms with E-state index in [0.29, 0.717) is 5.01 Å². The highest BCUT2D eigenvalue weighted by Gasteiger charge is 2.28. The topological polar surface area (TPSA) is 33.1 Å². The minimum atomic E-state index is -4.21. The molecule has 0 saturated heterocycles. The van der Waals surface area contributed by atoms with Crippen LogP contribution in [0.4, 0.5) is 13.2 Å². The van der Waals surface area contributed by atoms with Crippen molar-refractivity contribution in [1.29, 1.82) is 0 Å². The molecule has 1 atom stereocenters. The number of benzene rings is 1. The van der Waals surface area contributed by atoms with Crippen molar-refractivity contribution in [1.82, 2.24) is 4.98 Å². The summed E-state index contributed by atoms with van der Waals surface area (Å²) in [5, 5.41) is 10.2. The van der Waals surface area contributed by atoms with E-state index >= 15 is 0 Å². The summed E-state index contributed by atoms with van der Waals surface area (Å²) in [4.78, 5) is 4.27. The number of halogens is 3. The second-order valence-electron chi connectivity index (χ2n) is 4.09. The minimum Gasteiger partial charge on any atom is -0.393 e. The molecule has 6 heteroatoms. The maximum absolute atomic E-state index is 12.0. The summed E-state index contributed by atoms with van der Waals surface area (Å²) in [7, 11) is 0. The number of aliphatic hydroxyl groups is 1. The number of hydrogen-bond acceptors (Lipinski definition) is 3. The third kappa shape index (κ3) is 3.68. The van der Waals surface area contributed by atoms with Crippen LogP contribution in [0.3, 0.4) is 0 Å². The van der Waals surface area contributed by atoms with Gasteiger partial charge in [-0.2, -0.15) is 13.2 Å². The number of aromatic nitrogens is 1. The van der Waals surface area contributed by atoms with Gasteiger partial charge in [-0.25, -0.2) is 4.98 Å². The molecule has 0 aliphatic rings. The average Bonchev–Trinajstić information content (AvgIpc) is 2.67. The number of alkyl halides is 3. The monoisotopic (exact) mass is 275 g/mol. The summed E-state index contributed by atoms with van der Waals surface area (Å²) in [6.45, 7) is 0. The van der Waals surface area contributed by atoms with E-state index in [1.807, 2.05) is 24.3 Å². The van der Waals surface area contributed by atoms with Crippen LogP contribution in [0.2, 0.25) is 0 Å². The number of rotatable bonds is 4. The molecule has 0 saturated carbocycles. The summed E-state index contributed by atoms with van der Waals surface area (Å²) in [5.74, 6) is 0. The number of fused-ring (bicyclic) bond motifs is 1. The van der Waals surface area contributed by atoms with Gasteiger partial charge in [-0.3, -0.25) is 0 Å². The lowest BCUT2D eigenvalue weighted by Gasteiger charge is -2.10. The Morgan fingerprint density at radius 2 is 2.00 bits per heavy atom. The van der Waals surface area contributed by atoms with Crippen LogP contribution in [0.25, 0.3) is 10.2 Å². The standard InChI is InChI=1S/C12H12F3NOS/c13-12(14,15)6-5-8(17)7-11-16-9-3-1-2-4-10(9)18-11/h1-4,8,17H,5-7H2. The van der Waals surface area contributed by atoms with Crippen molar-refractivity contribution in [3.63, 3.8) is 0 Å². The summed E-state index contributed by atoms with van der Waals surface area (Å²) < 4.78 is 37.0. The Bertz CT molecular complexity index is 490. The van der Waals surface area contributed by atoms with Gasteiger partial charge in [0.2, 0.25) is 0 Å². The first-order valence-electron chi connectivity index (χ1n) is 5.53. The molecule has 2 rings (SSSR count). The van der Waals surface area contributed by atoms with E-state index in [9.17, 15) is 18.3 Å². The fraction of sp³-hybridized carbons (Fsp3) is 0.417. The highest BCUT2D eigenvalue weighted by atomic mass is 32.1. The molecule has 1 N–H and O–H groups in total. The van der Waals surface area contributed by atoms with Crippen molar-refractivity contribution < 1.29 is 18.3 Å². The van der Waals surface area contributed by atoms with Gasteiger partial charge in [0.1, 0.15) is 0 Å². The van der Waals surface area contributed by atoms with E-state index in [1.54, 1.807) is 0 Å². The van der Waals surface area contributed by atoms with E-state index in [4.69, 9.17) is 0 Å². The number of nitrogens with zero attached hydrogens (tertiary/aromatic N) is 1. The molecule has 2 nitrogen and oxygen atoms in total. The van der Waals surface area contributed by atoms with Gasteiger partial charge >= 0.3 is 6.18 Å². The molecule has 1 aromatic heterocycles. The normalized spacial score (nSPS) is 14.0. The summed E-state index contributed by atoms with van der Waals surface area (Å²) in [5.41, 5.74) is 0.820. The van der Waals surface area contributed by atoms with Crippen LogP contribution in [0.1, 0.15) is 17.8 Å². The third-order valence-corrected chi connectivity index (χ3v) is 3.57. The van der Waals surface area contributed by atoms with Crippen LogP contribution in [0, 0.1) is 0 Å². The Morgan fingerprint density at radius 3 is 2.67 bits per heavy atom. The highest BCUT2D eigenvalue weighted by Crippen LogP contribution is 2.25. The van der Waals surface area contributed by atoms with Gasteiger partial charge in [-0.1, -0.05) is 12.1 Å². The Balaban J connectivity index is 1.96. The van der Waals surface area contributed by atoms with E-state index in [-0.39, 0.29) is 12.8 Å². The van der Waals surface area contributed by atoms with Crippen molar-refractivity contribution in [2.24, 2.45) is 0 Å². The first kappa shape index (κ1) is 13.3. The summed E-state index contributed by atoms with van der Waals surface area (Å²) in [6, 6.07) is 7.48. The molecule has 0 spiro atoms. The number of thiazole rings is 1. The first-order valence-corrected chi connectivity index (χ1v) is 6.35. The lowest BCUT2D eigenvalue weighted by atomic mass is 10.1. The summed E-state index contributed by atoms with van der Waals surface area (Å²) in [6.07, 6.45) is -6.27. The molecule has 18 heavy (non-hydrogen) atoms. The largest absolute Gasteiger partial charge is 0.393 e. The van der Waals surface area contributed by atoms with Crippen molar-refractivity contribution in [3.8, 4) is 0 Å². The lowest BCUT2D eigenvalue weighted by molar-refractivity contribution is -0.139. The zero-order chi connectivity index (χ0) is 13.2. The molecule has 0 amide bonds. The number of aliphatic hydroxyl groups excluding tert-OH is 1. The van der Waals surface area contributed by atoms with E-state index in [0.717, 1.165) is 10.2 Å². The fourth-order valence-corrected chi connectivity index (χ4v) is 2.68. The van der Waals surface area contributed by atoms with Crippen LogP contribution in [-0.4, -0.2) is 22.4 Å². The van der Waals surface area contributed by atoms with E-state index < -0.39 is 18.7 Å². The molecule has 0 fully saturated rings. The van der Waals surface area contributed by atoms with Gasteiger partial charge < -0.3 is 5.11 Å². The molecule has 1 aromatic carbocycles. The van der Waals surface area contributed by atoms with Crippen molar-refractivity contribution in [3.05, 3.63) is 29.3 Å². The molecule has 98 valence electrons. The Morgan fingerprint density at radius 1 is 1.28 bits per heavy atom. The van der Waals surface area contributed by atoms with Crippen molar-refractivity contribution in [2.75, 3.05) is 0 Å². The SMILES string of the molecule is OC(CCC(F)(F)F)Cc1nc2ccccc2s1. The van der Waals surface area contributed by atoms with Crippen LogP contribution >= 0.6 is 11.3 Å². The quantitative estimate of drug-likeness (QED) is 0.925. The van der Waals surface area contributed by atoms with E-state index in [2.05, 4.69) is 4.98 Å². The number of hydrogen-bond donors (Lipinski definition) is 1. The first-order chi connectivity index (χ1) is 8.44. The fourth-order valence-electron chi connectivity index (χ4n) is 1.64. The molecule has 0 aliphatic heterocycles. The predicted octanol–water partition coefficient (Wildman–Crippen LogP) is 3.54.